The third-order valence-electron chi connectivity index (χ3n) is 6.49. The van der Waals surface area contributed by atoms with Gasteiger partial charge in [0.1, 0.15) is 5.82 Å². The van der Waals surface area contributed by atoms with Crippen molar-refractivity contribution >= 4 is 5.91 Å². The van der Waals surface area contributed by atoms with Gasteiger partial charge in [0.05, 0.1) is 25.3 Å². The Kier molecular flexibility index (Phi) is 9.01. The summed E-state index contributed by atoms with van der Waals surface area (Å²) in [5.74, 6) is -0.351. The summed E-state index contributed by atoms with van der Waals surface area (Å²) in [5, 5.41) is 3.34. The number of hydrogen-bond donors (Lipinski definition) is 2. The molecule has 0 saturated carbocycles. The molecule has 5 nitrogen and oxygen atoms in total. The molecule has 3 N–H and O–H groups in total. The second kappa shape index (κ2) is 12.6. The predicted molar refractivity (Wildman–Crippen MR) is 136 cm³/mol. The number of hydrogen-bond acceptors (Lipinski definition) is 4. The van der Waals surface area contributed by atoms with Gasteiger partial charge >= 0.3 is 0 Å². The maximum Gasteiger partial charge on any atom is 0.239 e. The third kappa shape index (κ3) is 7.21. The second-order valence-electron chi connectivity index (χ2n) is 9.12. The van der Waals surface area contributed by atoms with Crippen LogP contribution >= 0.6 is 0 Å². The summed E-state index contributed by atoms with van der Waals surface area (Å²) in [7, 11) is 0. The van der Waals surface area contributed by atoms with E-state index in [4.69, 9.17) is 10.5 Å². The molecule has 0 radical (unpaired) electrons. The summed E-state index contributed by atoms with van der Waals surface area (Å²) < 4.78 is 19.9. The molecule has 0 aromatic heterocycles. The smallest absolute Gasteiger partial charge is 0.239 e. The van der Waals surface area contributed by atoms with E-state index in [1.54, 1.807) is 18.2 Å². The van der Waals surface area contributed by atoms with Gasteiger partial charge in [0.15, 0.2) is 0 Å². The van der Waals surface area contributed by atoms with Crippen LogP contribution in [0.4, 0.5) is 4.39 Å². The van der Waals surface area contributed by atoms with Crippen molar-refractivity contribution in [1.82, 2.24) is 10.2 Å². The van der Waals surface area contributed by atoms with E-state index >= 15 is 0 Å². The highest BCUT2D eigenvalue weighted by molar-refractivity contribution is 5.82. The number of nitrogens with one attached hydrogen (secondary N) is 1. The van der Waals surface area contributed by atoms with E-state index in [0.717, 1.165) is 18.5 Å². The summed E-state index contributed by atoms with van der Waals surface area (Å²) >= 11 is 0. The Balaban J connectivity index is 1.25. The van der Waals surface area contributed by atoms with Crippen molar-refractivity contribution in [2.45, 2.75) is 38.0 Å². The summed E-state index contributed by atoms with van der Waals surface area (Å²) in [4.78, 5) is 14.9. The number of amides is 1. The van der Waals surface area contributed by atoms with Gasteiger partial charge in [0.2, 0.25) is 5.91 Å². The molecule has 3 aromatic carbocycles. The number of nitrogens with zero attached hydrogens (tertiary/aromatic N) is 1. The molecule has 0 bridgehead atoms. The summed E-state index contributed by atoms with van der Waals surface area (Å²) in [5.41, 5.74) is 10.5. The van der Waals surface area contributed by atoms with E-state index in [-0.39, 0.29) is 17.8 Å². The monoisotopic (exact) mass is 475 g/mol. The first kappa shape index (κ1) is 25.0. The van der Waals surface area contributed by atoms with Gasteiger partial charge in [-0.3, -0.25) is 4.79 Å². The van der Waals surface area contributed by atoms with Crippen molar-refractivity contribution in [3.05, 3.63) is 107 Å². The van der Waals surface area contributed by atoms with Crippen LogP contribution in [0.3, 0.4) is 0 Å². The van der Waals surface area contributed by atoms with Crippen LogP contribution in [0.5, 0.6) is 0 Å². The van der Waals surface area contributed by atoms with Gasteiger partial charge in [-0.05, 0) is 47.6 Å². The Morgan fingerprint density at radius 3 is 2.46 bits per heavy atom. The van der Waals surface area contributed by atoms with Crippen LogP contribution in [0.1, 0.15) is 28.7 Å². The van der Waals surface area contributed by atoms with Gasteiger partial charge in [-0.15, -0.1) is 0 Å². The molecule has 2 atom stereocenters. The number of halogens is 1. The average molecular weight is 476 g/mol. The zero-order chi connectivity index (χ0) is 24.5. The molecule has 0 spiro atoms. The maximum atomic E-state index is 13.9. The van der Waals surface area contributed by atoms with Gasteiger partial charge in [-0.2, -0.15) is 0 Å². The Morgan fingerprint density at radius 1 is 1.00 bits per heavy atom. The SMILES string of the molecule is N[C@H](CCc1ccccc1F)C(=O)N1CCNC[C@H]1COCc1ccc(Cc2ccccc2)cc1. The number of benzene rings is 3. The lowest BCUT2D eigenvalue weighted by Crippen LogP contribution is -2.59. The van der Waals surface area contributed by atoms with Crippen molar-refractivity contribution in [1.29, 1.82) is 0 Å². The Labute approximate surface area is 207 Å². The number of carbonyl (C=O) groups is 1. The fourth-order valence-corrected chi connectivity index (χ4v) is 4.45. The largest absolute Gasteiger partial charge is 0.375 e. The van der Waals surface area contributed by atoms with Crippen molar-refractivity contribution in [3.8, 4) is 0 Å². The Hall–Kier alpha value is -3.06. The molecule has 1 saturated heterocycles. The van der Waals surface area contributed by atoms with Crippen molar-refractivity contribution in [3.63, 3.8) is 0 Å². The quantitative estimate of drug-likeness (QED) is 0.469. The van der Waals surface area contributed by atoms with Gasteiger partial charge in [0.25, 0.3) is 0 Å². The molecule has 0 aliphatic carbocycles. The normalized spacial score (nSPS) is 16.7. The Bertz CT molecular complexity index is 1070. The van der Waals surface area contributed by atoms with E-state index in [2.05, 4.69) is 53.8 Å². The second-order valence-corrected chi connectivity index (χ2v) is 9.12. The predicted octanol–water partition coefficient (Wildman–Crippen LogP) is 3.69. The zero-order valence-corrected chi connectivity index (χ0v) is 20.0. The number of piperazine rings is 1. The first-order valence-electron chi connectivity index (χ1n) is 12.3. The van der Waals surface area contributed by atoms with Crippen LogP contribution < -0.4 is 11.1 Å². The van der Waals surface area contributed by atoms with Crippen LogP contribution in [0.25, 0.3) is 0 Å². The van der Waals surface area contributed by atoms with Crippen molar-refractivity contribution < 1.29 is 13.9 Å². The lowest BCUT2D eigenvalue weighted by Gasteiger charge is -2.37. The lowest BCUT2D eigenvalue weighted by molar-refractivity contribution is -0.137. The molecular weight excluding hydrogens is 441 g/mol. The number of nitrogens with two attached hydrogens (primary N) is 1. The number of rotatable bonds is 10. The number of carbonyl (C=O) groups excluding carboxylic acids is 1. The van der Waals surface area contributed by atoms with E-state index in [1.165, 1.54) is 17.2 Å². The summed E-state index contributed by atoms with van der Waals surface area (Å²) in [6.45, 7) is 2.91. The van der Waals surface area contributed by atoms with E-state index < -0.39 is 6.04 Å². The lowest BCUT2D eigenvalue weighted by atomic mass is 10.0. The standard InChI is InChI=1S/C29H34FN3O2/c30-27-9-5-4-8-25(27)14-15-28(31)29(34)33-17-16-32-19-26(33)21-35-20-24-12-10-23(11-13-24)18-22-6-2-1-3-7-22/h1-13,26,28,32H,14-21,31H2/t26-,28+/m0/s1. The van der Waals surface area contributed by atoms with Gasteiger partial charge in [0, 0.05) is 19.6 Å². The summed E-state index contributed by atoms with van der Waals surface area (Å²) in [6, 6.07) is 24.8. The summed E-state index contributed by atoms with van der Waals surface area (Å²) in [6.07, 6.45) is 1.75. The van der Waals surface area contributed by atoms with E-state index in [0.29, 0.717) is 44.7 Å². The highest BCUT2D eigenvalue weighted by atomic mass is 19.1. The van der Waals surface area contributed by atoms with Crippen molar-refractivity contribution in [2.24, 2.45) is 5.73 Å². The fraction of sp³-hybridized carbons (Fsp3) is 0.345. The maximum absolute atomic E-state index is 13.9. The Morgan fingerprint density at radius 2 is 1.69 bits per heavy atom. The average Bonchev–Trinajstić information content (AvgIpc) is 2.89. The minimum Gasteiger partial charge on any atom is -0.375 e. The number of aryl methyl sites for hydroxylation is 1. The minimum atomic E-state index is -0.660. The van der Waals surface area contributed by atoms with Crippen LogP contribution in [-0.2, 0) is 29.0 Å². The van der Waals surface area contributed by atoms with Crippen LogP contribution in [0, 0.1) is 5.82 Å². The molecule has 184 valence electrons. The molecular formula is C29H34FN3O2. The first-order chi connectivity index (χ1) is 17.1. The van der Waals surface area contributed by atoms with Crippen LogP contribution in [0.2, 0.25) is 0 Å². The molecule has 1 aliphatic heterocycles. The van der Waals surface area contributed by atoms with Crippen LogP contribution in [-0.4, -0.2) is 49.1 Å². The number of ether oxygens (including phenoxy) is 1. The molecule has 1 fully saturated rings. The molecule has 0 unspecified atom stereocenters. The van der Waals surface area contributed by atoms with E-state index in [9.17, 15) is 9.18 Å². The first-order valence-corrected chi connectivity index (χ1v) is 12.3. The van der Waals surface area contributed by atoms with Gasteiger partial charge in [-0.25, -0.2) is 4.39 Å². The molecule has 35 heavy (non-hydrogen) atoms. The molecule has 1 heterocycles. The van der Waals surface area contributed by atoms with Gasteiger partial charge in [-0.1, -0.05) is 72.8 Å². The molecule has 6 heteroatoms. The van der Waals surface area contributed by atoms with Gasteiger partial charge < -0.3 is 20.7 Å². The molecule has 3 aromatic rings. The molecule has 4 rings (SSSR count). The van der Waals surface area contributed by atoms with Crippen molar-refractivity contribution in [2.75, 3.05) is 26.2 Å². The molecule has 1 aliphatic rings. The fourth-order valence-electron chi connectivity index (χ4n) is 4.45. The highest BCUT2D eigenvalue weighted by Gasteiger charge is 2.30. The highest BCUT2D eigenvalue weighted by Crippen LogP contribution is 2.14. The minimum absolute atomic E-state index is 0.0758. The van der Waals surface area contributed by atoms with Crippen LogP contribution in [0.15, 0.2) is 78.9 Å². The third-order valence-corrected chi connectivity index (χ3v) is 6.49. The van der Waals surface area contributed by atoms with E-state index in [1.807, 2.05) is 11.0 Å². The zero-order valence-electron chi connectivity index (χ0n) is 20.0. The topological polar surface area (TPSA) is 67.6 Å². The molecule has 1 amide bonds.